The molecular weight excluding hydrogens is 283 g/mol. The van der Waals surface area contributed by atoms with E-state index in [4.69, 9.17) is 11.6 Å². The van der Waals surface area contributed by atoms with Crippen molar-refractivity contribution >= 4 is 23.4 Å². The summed E-state index contributed by atoms with van der Waals surface area (Å²) in [6.45, 7) is 3.52. The Morgan fingerprint density at radius 3 is 2.40 bits per heavy atom. The second-order valence-electron chi connectivity index (χ2n) is 5.04. The number of benzene rings is 1. The molecule has 1 aliphatic rings. The minimum atomic E-state index is -0.564. The average molecular weight is 299 g/mol. The van der Waals surface area contributed by atoms with Gasteiger partial charge in [-0.1, -0.05) is 11.6 Å². The van der Waals surface area contributed by atoms with E-state index in [2.05, 4.69) is 0 Å². The van der Waals surface area contributed by atoms with Gasteiger partial charge in [-0.25, -0.2) is 4.39 Å². The van der Waals surface area contributed by atoms with Gasteiger partial charge in [0.05, 0.1) is 0 Å². The van der Waals surface area contributed by atoms with Gasteiger partial charge in [0.15, 0.2) is 0 Å². The van der Waals surface area contributed by atoms with E-state index in [0.29, 0.717) is 5.56 Å². The van der Waals surface area contributed by atoms with Gasteiger partial charge in [-0.2, -0.15) is 0 Å². The highest BCUT2D eigenvalue weighted by atomic mass is 35.5. The van der Waals surface area contributed by atoms with Crippen molar-refractivity contribution < 1.29 is 14.0 Å². The van der Waals surface area contributed by atoms with Crippen LogP contribution in [0.2, 0.25) is 5.02 Å². The molecule has 2 atom stereocenters. The van der Waals surface area contributed by atoms with E-state index < -0.39 is 17.9 Å². The Hall–Kier alpha value is -1.62. The summed E-state index contributed by atoms with van der Waals surface area (Å²) in [5.74, 6) is -0.735. The predicted octanol–water partition coefficient (Wildman–Crippen LogP) is 2.06. The summed E-state index contributed by atoms with van der Waals surface area (Å²) in [4.78, 5) is 27.2. The van der Waals surface area contributed by atoms with Crippen LogP contribution in [0.4, 0.5) is 4.39 Å². The van der Waals surface area contributed by atoms with Gasteiger partial charge >= 0.3 is 0 Å². The van der Waals surface area contributed by atoms with Gasteiger partial charge in [0, 0.05) is 18.6 Å². The molecule has 0 radical (unpaired) electrons. The first kappa shape index (κ1) is 14.8. The first-order valence-corrected chi connectivity index (χ1v) is 6.71. The van der Waals surface area contributed by atoms with Crippen molar-refractivity contribution in [2.75, 3.05) is 7.05 Å². The van der Waals surface area contributed by atoms with Crippen LogP contribution in [-0.2, 0) is 16.1 Å². The van der Waals surface area contributed by atoms with Crippen molar-refractivity contribution in [2.24, 2.45) is 0 Å². The van der Waals surface area contributed by atoms with E-state index in [1.807, 2.05) is 0 Å². The topological polar surface area (TPSA) is 40.6 Å². The molecule has 20 heavy (non-hydrogen) atoms. The van der Waals surface area contributed by atoms with Crippen LogP contribution in [0.1, 0.15) is 19.4 Å². The third-order valence-corrected chi connectivity index (χ3v) is 3.89. The standard InChI is InChI=1S/C14H16ClFN2O2/c1-8-14(20)18(9(2)13(19)17(8)3)7-10-4-11(15)6-12(16)5-10/h4-6,8-9H,7H2,1-3H3/t8-,9-/m0/s1. The lowest BCUT2D eigenvalue weighted by atomic mass is 10.1. The largest absolute Gasteiger partial charge is 0.332 e. The van der Waals surface area contributed by atoms with Gasteiger partial charge in [0.2, 0.25) is 11.8 Å². The van der Waals surface area contributed by atoms with Gasteiger partial charge in [-0.15, -0.1) is 0 Å². The fourth-order valence-electron chi connectivity index (χ4n) is 2.33. The number of hydrogen-bond donors (Lipinski definition) is 0. The molecule has 0 unspecified atom stereocenters. The van der Waals surface area contributed by atoms with Crippen molar-refractivity contribution in [1.82, 2.24) is 9.80 Å². The number of rotatable bonds is 2. The molecular formula is C14H16ClFN2O2. The minimum absolute atomic E-state index is 0.125. The number of carbonyl (C=O) groups is 2. The maximum Gasteiger partial charge on any atom is 0.246 e. The van der Waals surface area contributed by atoms with Gasteiger partial charge in [0.1, 0.15) is 17.9 Å². The Morgan fingerprint density at radius 1 is 1.15 bits per heavy atom. The molecule has 1 fully saturated rings. The first-order valence-electron chi connectivity index (χ1n) is 6.33. The average Bonchev–Trinajstić information content (AvgIpc) is 2.38. The summed E-state index contributed by atoms with van der Waals surface area (Å²) in [7, 11) is 1.61. The van der Waals surface area contributed by atoms with Crippen LogP contribution in [0.3, 0.4) is 0 Å². The van der Waals surface area contributed by atoms with Gasteiger partial charge < -0.3 is 9.80 Å². The van der Waals surface area contributed by atoms with Crippen molar-refractivity contribution in [3.05, 3.63) is 34.6 Å². The second-order valence-corrected chi connectivity index (χ2v) is 5.48. The quantitative estimate of drug-likeness (QED) is 0.838. The fourth-order valence-corrected chi connectivity index (χ4v) is 2.57. The van der Waals surface area contributed by atoms with Crippen molar-refractivity contribution in [2.45, 2.75) is 32.5 Å². The molecule has 6 heteroatoms. The van der Waals surface area contributed by atoms with Gasteiger partial charge in [-0.3, -0.25) is 9.59 Å². The Kier molecular flexibility index (Phi) is 3.99. The maximum absolute atomic E-state index is 13.3. The lowest BCUT2D eigenvalue weighted by molar-refractivity contribution is -0.159. The Morgan fingerprint density at radius 2 is 1.80 bits per heavy atom. The van der Waals surface area contributed by atoms with Crippen molar-refractivity contribution in [1.29, 1.82) is 0 Å². The lowest BCUT2D eigenvalue weighted by Crippen LogP contribution is -2.61. The molecule has 1 saturated heterocycles. The van der Waals surface area contributed by atoms with Crippen LogP contribution in [0.15, 0.2) is 18.2 Å². The number of halogens is 2. The molecule has 1 aromatic carbocycles. The number of hydrogen-bond acceptors (Lipinski definition) is 2. The zero-order chi connectivity index (χ0) is 15.0. The summed E-state index contributed by atoms with van der Waals surface area (Å²) in [6, 6.07) is 3.04. The van der Waals surface area contributed by atoms with E-state index in [1.54, 1.807) is 27.0 Å². The molecule has 2 amide bonds. The monoisotopic (exact) mass is 298 g/mol. The molecule has 1 aliphatic heterocycles. The third kappa shape index (κ3) is 2.63. The van der Waals surface area contributed by atoms with E-state index in [9.17, 15) is 14.0 Å². The molecule has 108 valence electrons. The summed E-state index contributed by atoms with van der Waals surface area (Å²) in [6.07, 6.45) is 0. The summed E-state index contributed by atoms with van der Waals surface area (Å²) >= 11 is 5.80. The van der Waals surface area contributed by atoms with Crippen molar-refractivity contribution in [3.8, 4) is 0 Å². The Bertz CT molecular complexity index is 544. The van der Waals surface area contributed by atoms with E-state index >= 15 is 0 Å². The van der Waals surface area contributed by atoms with Crippen LogP contribution in [0.5, 0.6) is 0 Å². The normalized spacial score (nSPS) is 23.4. The Balaban J connectivity index is 2.27. The number of likely N-dealkylation sites (N-methyl/N-ethyl adjacent to an activating group) is 1. The predicted molar refractivity (Wildman–Crippen MR) is 73.7 cm³/mol. The van der Waals surface area contributed by atoms with Crippen LogP contribution < -0.4 is 0 Å². The molecule has 0 spiro atoms. The zero-order valence-corrected chi connectivity index (χ0v) is 12.3. The highest BCUT2D eigenvalue weighted by Gasteiger charge is 2.39. The summed E-state index contributed by atoms with van der Waals surface area (Å²) in [5, 5.41) is 0.272. The Labute approximate surface area is 122 Å². The lowest BCUT2D eigenvalue weighted by Gasteiger charge is -2.41. The summed E-state index contributed by atoms with van der Waals surface area (Å²) < 4.78 is 13.3. The number of nitrogens with zero attached hydrogens (tertiary/aromatic N) is 2. The van der Waals surface area contributed by atoms with Crippen molar-refractivity contribution in [3.63, 3.8) is 0 Å². The minimum Gasteiger partial charge on any atom is -0.332 e. The first-order chi connectivity index (χ1) is 9.31. The van der Waals surface area contributed by atoms with E-state index in [-0.39, 0.29) is 23.4 Å². The third-order valence-electron chi connectivity index (χ3n) is 3.67. The maximum atomic E-state index is 13.3. The highest BCUT2D eigenvalue weighted by molar-refractivity contribution is 6.30. The molecule has 0 aromatic heterocycles. The van der Waals surface area contributed by atoms with Crippen LogP contribution in [0.25, 0.3) is 0 Å². The van der Waals surface area contributed by atoms with Gasteiger partial charge in [0.25, 0.3) is 0 Å². The van der Waals surface area contributed by atoms with Gasteiger partial charge in [-0.05, 0) is 37.6 Å². The smallest absolute Gasteiger partial charge is 0.246 e. The SMILES string of the molecule is C[C@H]1C(=O)N(Cc2cc(F)cc(Cl)c2)[C@@H](C)C(=O)N1C. The molecule has 2 rings (SSSR count). The van der Waals surface area contributed by atoms with Crippen LogP contribution >= 0.6 is 11.6 Å². The van der Waals surface area contributed by atoms with E-state index in [1.165, 1.54) is 21.9 Å². The fraction of sp³-hybridized carbons (Fsp3) is 0.429. The molecule has 0 bridgehead atoms. The van der Waals surface area contributed by atoms with Crippen LogP contribution in [-0.4, -0.2) is 40.7 Å². The summed E-state index contributed by atoms with van der Waals surface area (Å²) in [5.41, 5.74) is 0.569. The van der Waals surface area contributed by atoms with E-state index in [0.717, 1.165) is 0 Å². The molecule has 0 N–H and O–H groups in total. The molecule has 1 aromatic rings. The number of amides is 2. The molecule has 0 saturated carbocycles. The highest BCUT2D eigenvalue weighted by Crippen LogP contribution is 2.21. The molecule has 4 nitrogen and oxygen atoms in total. The zero-order valence-electron chi connectivity index (χ0n) is 11.6. The second kappa shape index (κ2) is 5.40. The number of carbonyl (C=O) groups excluding carboxylic acids is 2. The molecule has 1 heterocycles. The number of piperazine rings is 1. The molecule has 0 aliphatic carbocycles. The van der Waals surface area contributed by atoms with Crippen LogP contribution in [0, 0.1) is 5.82 Å².